The Morgan fingerprint density at radius 3 is 3.00 bits per heavy atom. The predicted molar refractivity (Wildman–Crippen MR) is 83.4 cm³/mol. The van der Waals surface area contributed by atoms with Crippen LogP contribution in [0.5, 0.6) is 11.5 Å². The summed E-state index contributed by atoms with van der Waals surface area (Å²) in [6, 6.07) is 5.64. The minimum atomic E-state index is -0.174. The standard InChI is InChI=1S/C15H17N3O3S/c1-10-17-7-12(22-10)8-18-15(19)16-5-4-11-2-3-13-14(6-11)21-9-20-13/h2-3,6-7H,4-5,8-9H2,1H3,(H2,16,18,19). The normalized spacial score (nSPS) is 12.2. The van der Waals surface area contributed by atoms with Crippen LogP contribution in [0.1, 0.15) is 15.4 Å². The Balaban J connectivity index is 1.40. The van der Waals surface area contributed by atoms with Gasteiger partial charge in [-0.2, -0.15) is 0 Å². The molecule has 3 rings (SSSR count). The van der Waals surface area contributed by atoms with Crippen molar-refractivity contribution >= 4 is 17.4 Å². The highest BCUT2D eigenvalue weighted by atomic mass is 32.1. The fourth-order valence-electron chi connectivity index (χ4n) is 2.13. The Hall–Kier alpha value is -2.28. The molecule has 0 radical (unpaired) electrons. The van der Waals surface area contributed by atoms with E-state index in [1.807, 2.05) is 25.1 Å². The van der Waals surface area contributed by atoms with Crippen molar-refractivity contribution < 1.29 is 14.3 Å². The molecule has 0 saturated carbocycles. The molecule has 1 aromatic carbocycles. The van der Waals surface area contributed by atoms with Crippen molar-refractivity contribution in [1.29, 1.82) is 0 Å². The van der Waals surface area contributed by atoms with Crippen LogP contribution in [0.15, 0.2) is 24.4 Å². The lowest BCUT2D eigenvalue weighted by molar-refractivity contribution is 0.174. The third-order valence-corrected chi connectivity index (χ3v) is 4.14. The van der Waals surface area contributed by atoms with Gasteiger partial charge in [0.1, 0.15) is 0 Å². The van der Waals surface area contributed by atoms with Gasteiger partial charge in [0.15, 0.2) is 11.5 Å². The molecule has 0 unspecified atom stereocenters. The maximum atomic E-state index is 11.7. The summed E-state index contributed by atoms with van der Waals surface area (Å²) in [6.45, 7) is 3.28. The average molecular weight is 319 g/mol. The van der Waals surface area contributed by atoms with E-state index in [-0.39, 0.29) is 12.8 Å². The first-order valence-electron chi connectivity index (χ1n) is 7.02. The number of nitrogens with zero attached hydrogens (tertiary/aromatic N) is 1. The number of aromatic nitrogens is 1. The maximum Gasteiger partial charge on any atom is 0.315 e. The van der Waals surface area contributed by atoms with E-state index in [1.54, 1.807) is 17.5 Å². The number of amides is 2. The second kappa shape index (κ2) is 6.65. The molecule has 0 saturated heterocycles. The fourth-order valence-corrected chi connectivity index (χ4v) is 2.87. The van der Waals surface area contributed by atoms with Crippen LogP contribution in [0.4, 0.5) is 4.79 Å². The summed E-state index contributed by atoms with van der Waals surface area (Å²) in [6.07, 6.45) is 2.52. The first-order valence-corrected chi connectivity index (χ1v) is 7.84. The highest BCUT2D eigenvalue weighted by Gasteiger charge is 2.13. The second-order valence-electron chi connectivity index (χ2n) is 4.89. The molecule has 116 valence electrons. The van der Waals surface area contributed by atoms with Crippen molar-refractivity contribution in [2.24, 2.45) is 0 Å². The van der Waals surface area contributed by atoms with Gasteiger partial charge in [0.05, 0.1) is 11.6 Å². The lowest BCUT2D eigenvalue weighted by atomic mass is 10.1. The summed E-state index contributed by atoms with van der Waals surface area (Å²) in [4.78, 5) is 16.9. The van der Waals surface area contributed by atoms with Crippen LogP contribution in [0.2, 0.25) is 0 Å². The van der Waals surface area contributed by atoms with Gasteiger partial charge >= 0.3 is 6.03 Å². The number of urea groups is 1. The molecule has 1 aromatic heterocycles. The molecule has 0 fully saturated rings. The summed E-state index contributed by atoms with van der Waals surface area (Å²) in [7, 11) is 0. The number of aryl methyl sites for hydroxylation is 1. The molecular formula is C15H17N3O3S. The number of hydrogen-bond acceptors (Lipinski definition) is 5. The zero-order valence-electron chi connectivity index (χ0n) is 12.2. The van der Waals surface area contributed by atoms with Gasteiger partial charge < -0.3 is 20.1 Å². The highest BCUT2D eigenvalue weighted by Crippen LogP contribution is 2.32. The van der Waals surface area contributed by atoms with Gasteiger partial charge in [-0.15, -0.1) is 11.3 Å². The van der Waals surface area contributed by atoms with E-state index in [2.05, 4.69) is 15.6 Å². The van der Waals surface area contributed by atoms with Crippen LogP contribution in [0.25, 0.3) is 0 Å². The maximum absolute atomic E-state index is 11.7. The van der Waals surface area contributed by atoms with E-state index < -0.39 is 0 Å². The van der Waals surface area contributed by atoms with Crippen LogP contribution < -0.4 is 20.1 Å². The van der Waals surface area contributed by atoms with E-state index in [9.17, 15) is 4.79 Å². The highest BCUT2D eigenvalue weighted by molar-refractivity contribution is 7.11. The molecule has 1 aliphatic heterocycles. The van der Waals surface area contributed by atoms with Crippen molar-refractivity contribution in [3.63, 3.8) is 0 Å². The largest absolute Gasteiger partial charge is 0.454 e. The molecule has 0 spiro atoms. The Bertz CT molecular complexity index is 672. The Kier molecular flexibility index (Phi) is 4.43. The molecule has 2 heterocycles. The van der Waals surface area contributed by atoms with E-state index in [0.717, 1.165) is 33.4 Å². The Morgan fingerprint density at radius 1 is 1.32 bits per heavy atom. The van der Waals surface area contributed by atoms with Gasteiger partial charge in [-0.1, -0.05) is 6.07 Å². The number of fused-ring (bicyclic) bond motifs is 1. The summed E-state index contributed by atoms with van der Waals surface area (Å²) in [5.74, 6) is 1.54. The number of nitrogens with one attached hydrogen (secondary N) is 2. The van der Waals surface area contributed by atoms with Crippen molar-refractivity contribution in [3.8, 4) is 11.5 Å². The van der Waals surface area contributed by atoms with Gasteiger partial charge in [-0.25, -0.2) is 9.78 Å². The third kappa shape index (κ3) is 3.67. The lowest BCUT2D eigenvalue weighted by Gasteiger charge is -2.07. The summed E-state index contributed by atoms with van der Waals surface area (Å²) >= 11 is 1.58. The topological polar surface area (TPSA) is 72.5 Å². The first kappa shape index (κ1) is 14.6. The van der Waals surface area contributed by atoms with Gasteiger partial charge in [-0.05, 0) is 31.0 Å². The molecule has 2 N–H and O–H groups in total. The molecule has 22 heavy (non-hydrogen) atoms. The number of carbonyl (C=O) groups excluding carboxylic acids is 1. The number of hydrogen-bond donors (Lipinski definition) is 2. The lowest BCUT2D eigenvalue weighted by Crippen LogP contribution is -2.36. The SMILES string of the molecule is Cc1ncc(CNC(=O)NCCc2ccc3c(c2)OCO3)s1. The van der Waals surface area contributed by atoms with Crippen molar-refractivity contribution in [3.05, 3.63) is 39.8 Å². The number of carbonyl (C=O) groups is 1. The van der Waals surface area contributed by atoms with Crippen LogP contribution >= 0.6 is 11.3 Å². The molecule has 2 aromatic rings. The summed E-state index contributed by atoms with van der Waals surface area (Å²) in [5.41, 5.74) is 1.10. The number of thiazole rings is 1. The fraction of sp³-hybridized carbons (Fsp3) is 0.333. The average Bonchev–Trinajstić information content (AvgIpc) is 3.13. The molecule has 0 bridgehead atoms. The number of rotatable bonds is 5. The minimum Gasteiger partial charge on any atom is -0.454 e. The van der Waals surface area contributed by atoms with E-state index in [0.29, 0.717) is 13.1 Å². The monoisotopic (exact) mass is 319 g/mol. The van der Waals surface area contributed by atoms with Crippen molar-refractivity contribution in [2.75, 3.05) is 13.3 Å². The smallest absolute Gasteiger partial charge is 0.315 e. The molecule has 0 aliphatic carbocycles. The van der Waals surface area contributed by atoms with Gasteiger partial charge in [0.25, 0.3) is 0 Å². The molecular weight excluding hydrogens is 302 g/mol. The van der Waals surface area contributed by atoms with Gasteiger partial charge in [0.2, 0.25) is 6.79 Å². The molecule has 0 atom stereocenters. The van der Waals surface area contributed by atoms with Crippen LogP contribution in [-0.4, -0.2) is 24.4 Å². The summed E-state index contributed by atoms with van der Waals surface area (Å²) < 4.78 is 10.6. The quantitative estimate of drug-likeness (QED) is 0.886. The second-order valence-corrected chi connectivity index (χ2v) is 6.21. The Labute approximate surface area is 132 Å². The third-order valence-electron chi connectivity index (χ3n) is 3.23. The summed E-state index contributed by atoms with van der Waals surface area (Å²) in [5, 5.41) is 6.65. The van der Waals surface area contributed by atoms with E-state index in [1.165, 1.54) is 0 Å². The molecule has 6 nitrogen and oxygen atoms in total. The molecule has 7 heteroatoms. The zero-order chi connectivity index (χ0) is 15.4. The van der Waals surface area contributed by atoms with E-state index >= 15 is 0 Å². The first-order chi connectivity index (χ1) is 10.7. The zero-order valence-corrected chi connectivity index (χ0v) is 13.0. The van der Waals surface area contributed by atoms with Crippen LogP contribution in [0, 0.1) is 6.92 Å². The van der Waals surface area contributed by atoms with Crippen LogP contribution in [-0.2, 0) is 13.0 Å². The van der Waals surface area contributed by atoms with Gasteiger partial charge in [-0.3, -0.25) is 0 Å². The van der Waals surface area contributed by atoms with Gasteiger partial charge in [0, 0.05) is 17.6 Å². The van der Waals surface area contributed by atoms with E-state index in [4.69, 9.17) is 9.47 Å². The minimum absolute atomic E-state index is 0.174. The number of benzene rings is 1. The Morgan fingerprint density at radius 2 is 2.18 bits per heavy atom. The van der Waals surface area contributed by atoms with Crippen LogP contribution in [0.3, 0.4) is 0 Å². The molecule has 1 aliphatic rings. The molecule has 2 amide bonds. The van der Waals surface area contributed by atoms with Crippen molar-refractivity contribution in [1.82, 2.24) is 15.6 Å². The number of ether oxygens (including phenoxy) is 2. The predicted octanol–water partition coefficient (Wildman–Crippen LogP) is 2.22. The van der Waals surface area contributed by atoms with Crippen molar-refractivity contribution in [2.45, 2.75) is 19.9 Å².